The summed E-state index contributed by atoms with van der Waals surface area (Å²) in [4.78, 5) is 35.3. The van der Waals surface area contributed by atoms with E-state index in [2.05, 4.69) is 26.2 Å². The van der Waals surface area contributed by atoms with Crippen molar-refractivity contribution in [2.24, 2.45) is 0 Å². The Morgan fingerprint density at radius 1 is 1.03 bits per heavy atom. The normalized spacial score (nSPS) is 10.8. The zero-order valence-corrected chi connectivity index (χ0v) is 20.8. The van der Waals surface area contributed by atoms with Crippen molar-refractivity contribution < 1.29 is 4.79 Å². The molecule has 2 heterocycles. The molecule has 38 heavy (non-hydrogen) atoms. The van der Waals surface area contributed by atoms with Crippen LogP contribution in [-0.2, 0) is 19.5 Å². The van der Waals surface area contributed by atoms with Crippen LogP contribution in [0.25, 0.3) is 11.0 Å². The van der Waals surface area contributed by atoms with Gasteiger partial charge in [-0.2, -0.15) is 5.26 Å². The van der Waals surface area contributed by atoms with Gasteiger partial charge in [0.1, 0.15) is 6.33 Å². The van der Waals surface area contributed by atoms with Gasteiger partial charge in [0.15, 0.2) is 11.5 Å². The molecule has 0 spiro atoms. The highest BCUT2D eigenvalue weighted by atomic mass is 16.2. The molecule has 3 aromatic carbocycles. The summed E-state index contributed by atoms with van der Waals surface area (Å²) >= 11 is 0. The highest BCUT2D eigenvalue weighted by Crippen LogP contribution is 2.13. The number of nitriles is 1. The van der Waals surface area contributed by atoms with Gasteiger partial charge in [0.25, 0.3) is 11.5 Å². The van der Waals surface area contributed by atoms with Crippen LogP contribution < -0.4 is 5.56 Å². The molecule has 0 aliphatic carbocycles. The van der Waals surface area contributed by atoms with Crippen LogP contribution in [0.5, 0.6) is 0 Å². The summed E-state index contributed by atoms with van der Waals surface area (Å²) in [6.45, 7) is 3.01. The number of aromatic nitrogens is 5. The zero-order valence-electron chi connectivity index (χ0n) is 20.8. The molecule has 0 aliphatic rings. The topological polar surface area (TPSA) is 121 Å². The average Bonchev–Trinajstić information content (AvgIpc) is 3.37. The molecule has 0 saturated heterocycles. The van der Waals surface area contributed by atoms with Crippen molar-refractivity contribution in [3.05, 3.63) is 123 Å². The van der Waals surface area contributed by atoms with Gasteiger partial charge in [0.05, 0.1) is 35.8 Å². The van der Waals surface area contributed by atoms with Crippen LogP contribution in [0.15, 0.2) is 83.9 Å². The van der Waals surface area contributed by atoms with Crippen LogP contribution in [0.1, 0.15) is 38.6 Å². The maximum absolute atomic E-state index is 13.7. The molecule has 0 radical (unpaired) electrons. The lowest BCUT2D eigenvalue weighted by atomic mass is 10.1. The largest absolute Gasteiger partial charge is 0.329 e. The highest BCUT2D eigenvalue weighted by molar-refractivity contribution is 5.93. The molecule has 0 fully saturated rings. The number of hydrogen-bond donors (Lipinski definition) is 1. The first kappa shape index (κ1) is 24.6. The lowest BCUT2D eigenvalue weighted by Crippen LogP contribution is -2.37. The summed E-state index contributed by atoms with van der Waals surface area (Å²) in [5.41, 5.74) is 4.20. The first-order valence-electron chi connectivity index (χ1n) is 12.2. The summed E-state index contributed by atoms with van der Waals surface area (Å²) in [6.07, 6.45) is 2.21. The van der Waals surface area contributed by atoms with E-state index < -0.39 is 11.5 Å². The third kappa shape index (κ3) is 5.50. The minimum absolute atomic E-state index is 0.148. The molecule has 0 unspecified atom stereocenters. The summed E-state index contributed by atoms with van der Waals surface area (Å²) in [6, 6.07) is 24.6. The number of fused-ring (bicyclic) bond motifs is 1. The van der Waals surface area contributed by atoms with Gasteiger partial charge in [0.2, 0.25) is 0 Å². The van der Waals surface area contributed by atoms with Crippen molar-refractivity contribution in [3.8, 4) is 6.07 Å². The number of amides is 1. The first-order valence-corrected chi connectivity index (χ1v) is 12.2. The number of benzene rings is 3. The third-order valence-corrected chi connectivity index (χ3v) is 6.34. The van der Waals surface area contributed by atoms with Crippen molar-refractivity contribution in [3.63, 3.8) is 0 Å². The second-order valence-electron chi connectivity index (χ2n) is 9.08. The molecule has 0 aliphatic heterocycles. The van der Waals surface area contributed by atoms with Crippen LogP contribution >= 0.6 is 0 Å². The Kier molecular flexibility index (Phi) is 7.04. The number of carbonyl (C=O) groups is 1. The van der Waals surface area contributed by atoms with Crippen LogP contribution in [0.4, 0.5) is 0 Å². The molecular weight excluding hydrogens is 478 g/mol. The number of carbonyl (C=O) groups excluding carboxylic acids is 1. The Labute approximate surface area is 219 Å². The van der Waals surface area contributed by atoms with E-state index in [9.17, 15) is 9.59 Å². The van der Waals surface area contributed by atoms with Crippen molar-refractivity contribution in [2.75, 3.05) is 6.54 Å². The third-order valence-electron chi connectivity index (χ3n) is 6.34. The number of nitrogens with zero attached hydrogens (tertiary/aromatic N) is 6. The summed E-state index contributed by atoms with van der Waals surface area (Å²) < 4.78 is 1.85. The Morgan fingerprint density at radius 3 is 2.53 bits per heavy atom. The van der Waals surface area contributed by atoms with E-state index in [1.54, 1.807) is 41.6 Å². The SMILES string of the molecule is Cc1ccc(CCN(Cc2nncn2Cc2ccc(C#N)cc2)C(=O)c2nc3ccccc3[nH]c2=O)cc1. The summed E-state index contributed by atoms with van der Waals surface area (Å²) in [7, 11) is 0. The fourth-order valence-corrected chi connectivity index (χ4v) is 4.18. The molecule has 2 aromatic heterocycles. The number of rotatable bonds is 8. The van der Waals surface area contributed by atoms with Gasteiger partial charge in [-0.15, -0.1) is 10.2 Å². The second kappa shape index (κ2) is 10.9. The molecule has 5 aromatic rings. The lowest BCUT2D eigenvalue weighted by Gasteiger charge is -2.22. The Balaban J connectivity index is 1.43. The number of H-pyrrole nitrogens is 1. The second-order valence-corrected chi connectivity index (χ2v) is 9.08. The van der Waals surface area contributed by atoms with E-state index in [1.807, 2.05) is 54.0 Å². The van der Waals surface area contributed by atoms with E-state index in [1.165, 1.54) is 0 Å². The first-order chi connectivity index (χ1) is 18.5. The van der Waals surface area contributed by atoms with Gasteiger partial charge in [-0.3, -0.25) is 9.59 Å². The maximum atomic E-state index is 13.7. The molecule has 5 rings (SSSR count). The number of hydrogen-bond acceptors (Lipinski definition) is 6. The van der Waals surface area contributed by atoms with E-state index in [-0.39, 0.29) is 12.2 Å². The van der Waals surface area contributed by atoms with Gasteiger partial charge >= 0.3 is 0 Å². The average molecular weight is 504 g/mol. The highest BCUT2D eigenvalue weighted by Gasteiger charge is 2.23. The molecule has 0 atom stereocenters. The smallest absolute Gasteiger partial charge is 0.280 e. The van der Waals surface area contributed by atoms with Gasteiger partial charge in [0, 0.05) is 6.54 Å². The fourth-order valence-electron chi connectivity index (χ4n) is 4.18. The monoisotopic (exact) mass is 503 g/mol. The van der Waals surface area contributed by atoms with Gasteiger partial charge < -0.3 is 14.5 Å². The van der Waals surface area contributed by atoms with Crippen molar-refractivity contribution >= 4 is 16.9 Å². The number of para-hydroxylation sites is 2. The minimum Gasteiger partial charge on any atom is -0.329 e. The Hall–Kier alpha value is -5.10. The van der Waals surface area contributed by atoms with E-state index in [0.29, 0.717) is 41.9 Å². The zero-order chi connectivity index (χ0) is 26.5. The van der Waals surface area contributed by atoms with Gasteiger partial charge in [-0.25, -0.2) is 4.98 Å². The Morgan fingerprint density at radius 2 is 1.76 bits per heavy atom. The minimum atomic E-state index is -0.534. The molecule has 0 saturated carbocycles. The lowest BCUT2D eigenvalue weighted by molar-refractivity contribution is 0.0731. The predicted molar refractivity (Wildman–Crippen MR) is 142 cm³/mol. The van der Waals surface area contributed by atoms with Gasteiger partial charge in [-0.05, 0) is 48.7 Å². The molecule has 9 heteroatoms. The fraction of sp³-hybridized carbons (Fsp3) is 0.172. The van der Waals surface area contributed by atoms with E-state index >= 15 is 0 Å². The standard InChI is InChI=1S/C29H25N7O2/c1-20-6-8-21(9-7-20)14-15-35(29(38)27-28(37)33-25-5-3-2-4-24(25)32-27)18-26-34-31-19-36(26)17-23-12-10-22(16-30)11-13-23/h2-13,19H,14-15,17-18H2,1H3,(H,33,37). The van der Waals surface area contributed by atoms with E-state index in [4.69, 9.17) is 5.26 Å². The molecule has 1 amide bonds. The maximum Gasteiger partial charge on any atom is 0.280 e. The summed E-state index contributed by atoms with van der Waals surface area (Å²) in [5, 5.41) is 17.4. The summed E-state index contributed by atoms with van der Waals surface area (Å²) in [5.74, 6) is 0.0980. The number of aryl methyl sites for hydroxylation is 1. The molecule has 188 valence electrons. The molecule has 9 nitrogen and oxygen atoms in total. The van der Waals surface area contributed by atoms with Crippen molar-refractivity contribution in [1.82, 2.24) is 29.6 Å². The van der Waals surface area contributed by atoms with Crippen LogP contribution in [0.3, 0.4) is 0 Å². The molecular formula is C29H25N7O2. The molecule has 1 N–H and O–H groups in total. The number of aromatic amines is 1. The van der Waals surface area contributed by atoms with Crippen LogP contribution in [0, 0.1) is 18.3 Å². The van der Waals surface area contributed by atoms with Gasteiger partial charge in [-0.1, -0.05) is 54.1 Å². The Bertz CT molecular complexity index is 1680. The quantitative estimate of drug-likeness (QED) is 0.345. The predicted octanol–water partition coefficient (Wildman–Crippen LogP) is 3.63. The van der Waals surface area contributed by atoms with E-state index in [0.717, 1.165) is 16.7 Å². The van der Waals surface area contributed by atoms with Crippen LogP contribution in [-0.4, -0.2) is 42.1 Å². The van der Waals surface area contributed by atoms with Crippen LogP contribution in [0.2, 0.25) is 0 Å². The molecule has 0 bridgehead atoms. The number of nitrogens with one attached hydrogen (secondary N) is 1. The van der Waals surface area contributed by atoms with Crippen molar-refractivity contribution in [2.45, 2.75) is 26.4 Å². The van der Waals surface area contributed by atoms with Crippen molar-refractivity contribution in [1.29, 1.82) is 5.26 Å².